The number of ketones is 1. The number of pyridine rings is 1. The quantitative estimate of drug-likeness (QED) is 0.206. The number of hydrogen-bond donors (Lipinski definition) is 3. The summed E-state index contributed by atoms with van der Waals surface area (Å²) in [7, 11) is 0. The molecular weight excluding hydrogens is 662 g/mol. The molecule has 1 saturated carbocycles. The summed E-state index contributed by atoms with van der Waals surface area (Å²) in [6.07, 6.45) is 12.0. The summed E-state index contributed by atoms with van der Waals surface area (Å²) in [5.74, 6) is -2.60. The molecular formula is C34H43N9O6S. The van der Waals surface area contributed by atoms with Gasteiger partial charge < -0.3 is 25.5 Å². The van der Waals surface area contributed by atoms with Crippen molar-refractivity contribution in [1.82, 2.24) is 34.6 Å². The molecule has 0 unspecified atom stereocenters. The number of imidazole rings is 1. The lowest BCUT2D eigenvalue weighted by Crippen LogP contribution is -2.63. The highest BCUT2D eigenvalue weighted by atomic mass is 32.2. The molecule has 2 atom stereocenters. The zero-order valence-corrected chi connectivity index (χ0v) is 29.1. The minimum absolute atomic E-state index is 0.00511. The second-order valence-electron chi connectivity index (χ2n) is 14.0. The average Bonchev–Trinajstić information content (AvgIpc) is 3.87. The average molecular weight is 706 g/mol. The van der Waals surface area contributed by atoms with E-state index in [2.05, 4.69) is 25.6 Å². The summed E-state index contributed by atoms with van der Waals surface area (Å²) >= 11 is 1.60. The molecule has 50 heavy (non-hydrogen) atoms. The molecule has 266 valence electrons. The highest BCUT2D eigenvalue weighted by Crippen LogP contribution is 2.34. The van der Waals surface area contributed by atoms with Gasteiger partial charge in [-0.1, -0.05) is 37.3 Å². The number of aromatic nitrogens is 5. The van der Waals surface area contributed by atoms with E-state index < -0.39 is 52.6 Å². The highest BCUT2D eigenvalue weighted by molar-refractivity contribution is 7.99. The Bertz CT molecular complexity index is 1820. The van der Waals surface area contributed by atoms with Gasteiger partial charge in [-0.2, -0.15) is 11.8 Å². The van der Waals surface area contributed by atoms with Gasteiger partial charge >= 0.3 is 0 Å². The van der Waals surface area contributed by atoms with E-state index in [0.717, 1.165) is 32.1 Å². The lowest BCUT2D eigenvalue weighted by molar-refractivity contribution is -0.143. The van der Waals surface area contributed by atoms with Crippen LogP contribution in [-0.2, 0) is 24.8 Å². The standard InChI is InChI=1S/C34H43N9O6S/c1-33(2,49)26-18-37-40-43(26)23-17-25(31(47)39-34(28(44)29(35)45)10-14-50-15-11-34)42(20-23)32(48)24(16-21-6-4-3-5-7-21)38-30(46)22-8-9-27-36-12-13-41(27)19-22/h8-9,12-13,18-19,21,23,25,49H,3-7,10-11,14-17,20H2,1-2H3,(H2,35,45)(H,39,47)/t23-,25-/m0/s1. The molecule has 4 N–H and O–H groups in total. The number of amides is 4. The highest BCUT2D eigenvalue weighted by Gasteiger charge is 2.49. The normalized spacial score (nSPS) is 21.7. The van der Waals surface area contributed by atoms with Crippen LogP contribution in [0.3, 0.4) is 0 Å². The Morgan fingerprint density at radius 3 is 2.56 bits per heavy atom. The van der Waals surface area contributed by atoms with Crippen molar-refractivity contribution in [2.75, 3.05) is 18.1 Å². The minimum Gasteiger partial charge on any atom is -0.384 e. The SMILES string of the molecule is CC(C)(O)c1cnnn1[C@H]1C[C@@H](C(=O)NC2(C(=O)C(N)=O)CCSCC2)N(C(=O)C(CC2CCCCC2)=NC(=O)c2ccc3nccn3c2)C1. The number of aliphatic imine (C=N–C) groups is 1. The van der Waals surface area contributed by atoms with Crippen LogP contribution >= 0.6 is 11.8 Å². The molecule has 0 bridgehead atoms. The zero-order valence-electron chi connectivity index (χ0n) is 28.3. The molecule has 0 radical (unpaired) electrons. The van der Waals surface area contributed by atoms with Crippen LogP contribution < -0.4 is 11.1 Å². The van der Waals surface area contributed by atoms with Crippen molar-refractivity contribution >= 4 is 52.5 Å². The third-order valence-electron chi connectivity index (χ3n) is 10.1. The molecule has 0 spiro atoms. The van der Waals surface area contributed by atoms with Gasteiger partial charge in [0.15, 0.2) is 0 Å². The molecule has 16 heteroatoms. The van der Waals surface area contributed by atoms with E-state index in [-0.39, 0.29) is 49.4 Å². The Labute approximate surface area is 293 Å². The molecule has 3 fully saturated rings. The third kappa shape index (κ3) is 7.36. The first-order valence-electron chi connectivity index (χ1n) is 17.1. The molecule has 2 saturated heterocycles. The number of nitrogens with one attached hydrogen (secondary N) is 1. The Morgan fingerprint density at radius 1 is 1.12 bits per heavy atom. The van der Waals surface area contributed by atoms with Gasteiger partial charge in [0.1, 0.15) is 28.5 Å². The summed E-state index contributed by atoms with van der Waals surface area (Å²) in [5, 5.41) is 21.9. The summed E-state index contributed by atoms with van der Waals surface area (Å²) in [6, 6.07) is 1.60. The maximum Gasteiger partial charge on any atom is 0.287 e. The number of rotatable bonds is 10. The monoisotopic (exact) mass is 705 g/mol. The fraction of sp³-hybridized carbons (Fsp3) is 0.559. The molecule has 0 aromatic carbocycles. The van der Waals surface area contributed by atoms with Gasteiger partial charge in [-0.3, -0.25) is 24.0 Å². The van der Waals surface area contributed by atoms with Crippen molar-refractivity contribution < 1.29 is 29.1 Å². The maximum absolute atomic E-state index is 14.7. The Morgan fingerprint density at radius 2 is 1.86 bits per heavy atom. The molecule has 3 aromatic rings. The van der Waals surface area contributed by atoms with E-state index in [1.807, 2.05) is 0 Å². The number of thioether (sulfide) groups is 1. The van der Waals surface area contributed by atoms with E-state index in [0.29, 0.717) is 22.8 Å². The van der Waals surface area contributed by atoms with E-state index in [1.54, 1.807) is 60.7 Å². The summed E-state index contributed by atoms with van der Waals surface area (Å²) in [5.41, 5.74) is 3.99. The van der Waals surface area contributed by atoms with Crippen LogP contribution in [0.4, 0.5) is 0 Å². The van der Waals surface area contributed by atoms with Crippen LogP contribution in [0.15, 0.2) is 41.9 Å². The first kappa shape index (κ1) is 35.4. The molecule has 2 aliphatic heterocycles. The fourth-order valence-corrected chi connectivity index (χ4v) is 8.53. The number of nitrogens with two attached hydrogens (primary N) is 1. The third-order valence-corrected chi connectivity index (χ3v) is 11.1. The van der Waals surface area contributed by atoms with E-state index in [4.69, 9.17) is 5.73 Å². The number of carbonyl (C=O) groups excluding carboxylic acids is 5. The molecule has 1 aliphatic carbocycles. The van der Waals surface area contributed by atoms with Gasteiger partial charge in [-0.25, -0.2) is 14.7 Å². The van der Waals surface area contributed by atoms with Gasteiger partial charge in [-0.05, 0) is 62.7 Å². The van der Waals surface area contributed by atoms with Crippen molar-refractivity contribution in [2.45, 2.75) is 94.9 Å². The van der Waals surface area contributed by atoms with Gasteiger partial charge in [0.05, 0.1) is 23.5 Å². The number of carbonyl (C=O) groups is 5. The van der Waals surface area contributed by atoms with Gasteiger partial charge in [-0.15, -0.1) is 5.10 Å². The van der Waals surface area contributed by atoms with Crippen LogP contribution in [-0.4, -0.2) is 99.1 Å². The number of Topliss-reactive ketones (excluding diaryl/α,β-unsaturated/α-hetero) is 1. The second kappa shape index (κ2) is 14.4. The van der Waals surface area contributed by atoms with Gasteiger partial charge in [0, 0.05) is 31.6 Å². The second-order valence-corrected chi connectivity index (χ2v) is 15.3. The maximum atomic E-state index is 14.7. The van der Waals surface area contributed by atoms with Crippen LogP contribution in [0, 0.1) is 5.92 Å². The van der Waals surface area contributed by atoms with Crippen molar-refractivity contribution in [3.63, 3.8) is 0 Å². The number of primary amides is 1. The number of nitrogens with zero attached hydrogens (tertiary/aromatic N) is 7. The van der Waals surface area contributed by atoms with E-state index in [1.165, 1.54) is 15.8 Å². The van der Waals surface area contributed by atoms with Gasteiger partial charge in [0.25, 0.3) is 17.7 Å². The molecule has 5 heterocycles. The Hall–Kier alpha value is -4.44. The predicted octanol–water partition coefficient (Wildman–Crippen LogP) is 1.98. The fourth-order valence-electron chi connectivity index (χ4n) is 7.34. The largest absolute Gasteiger partial charge is 0.384 e. The Kier molecular flexibility index (Phi) is 10.2. The van der Waals surface area contributed by atoms with Crippen LogP contribution in [0.25, 0.3) is 5.65 Å². The molecule has 6 rings (SSSR count). The van der Waals surface area contributed by atoms with Gasteiger partial charge in [0.2, 0.25) is 11.7 Å². The smallest absolute Gasteiger partial charge is 0.287 e. The van der Waals surface area contributed by atoms with Crippen LogP contribution in [0.2, 0.25) is 0 Å². The molecule has 4 amide bonds. The lowest BCUT2D eigenvalue weighted by atomic mass is 9.85. The van der Waals surface area contributed by atoms with Crippen molar-refractivity contribution in [3.8, 4) is 0 Å². The minimum atomic E-state index is -1.49. The predicted molar refractivity (Wildman–Crippen MR) is 184 cm³/mol. The topological polar surface area (TPSA) is 207 Å². The zero-order chi connectivity index (χ0) is 35.6. The number of likely N-dealkylation sites (tertiary alicyclic amines) is 1. The van der Waals surface area contributed by atoms with E-state index >= 15 is 0 Å². The van der Waals surface area contributed by atoms with Crippen molar-refractivity contribution in [1.29, 1.82) is 0 Å². The molecule has 3 aliphatic rings. The Balaban J connectivity index is 1.36. The van der Waals surface area contributed by atoms with Crippen molar-refractivity contribution in [2.24, 2.45) is 16.6 Å². The van der Waals surface area contributed by atoms with Crippen molar-refractivity contribution in [3.05, 3.63) is 48.2 Å². The summed E-state index contributed by atoms with van der Waals surface area (Å²) < 4.78 is 3.21. The van der Waals surface area contributed by atoms with Crippen LogP contribution in [0.1, 0.15) is 93.7 Å². The summed E-state index contributed by atoms with van der Waals surface area (Å²) in [6.45, 7) is 3.17. The first-order valence-corrected chi connectivity index (χ1v) is 18.2. The number of fused-ring (bicyclic) bond motifs is 1. The number of hydrogen-bond acceptors (Lipinski definition) is 10. The molecule has 15 nitrogen and oxygen atoms in total. The van der Waals surface area contributed by atoms with E-state index in [9.17, 15) is 29.1 Å². The first-order chi connectivity index (χ1) is 23.9. The van der Waals surface area contributed by atoms with Crippen LogP contribution in [0.5, 0.6) is 0 Å². The number of aliphatic hydroxyl groups is 1. The molecule has 3 aromatic heterocycles. The summed E-state index contributed by atoms with van der Waals surface area (Å²) in [4.78, 5) is 77.9. The lowest BCUT2D eigenvalue weighted by Gasteiger charge is -2.37.